The molecule has 1 aliphatic rings. The molecule has 164 valence electrons. The van der Waals surface area contributed by atoms with Crippen LogP contribution in [0.1, 0.15) is 24.5 Å². The van der Waals surface area contributed by atoms with E-state index in [1.807, 2.05) is 24.3 Å². The summed E-state index contributed by atoms with van der Waals surface area (Å²) in [5.74, 6) is 1.59. The van der Waals surface area contributed by atoms with Gasteiger partial charge in [0.05, 0.1) is 28.4 Å². The fourth-order valence-corrected chi connectivity index (χ4v) is 3.71. The molecule has 1 aliphatic carbocycles. The first-order chi connectivity index (χ1) is 15.0. The van der Waals surface area contributed by atoms with Gasteiger partial charge in [-0.15, -0.1) is 0 Å². The fourth-order valence-electron chi connectivity index (χ4n) is 3.71. The summed E-state index contributed by atoms with van der Waals surface area (Å²) in [6.45, 7) is 1.32. The zero-order valence-corrected chi connectivity index (χ0v) is 18.1. The minimum Gasteiger partial charge on any atom is -0.497 e. The highest BCUT2D eigenvalue weighted by Gasteiger charge is 2.36. The number of carbonyl (C=O) groups is 1. The first-order valence-electron chi connectivity index (χ1n) is 9.54. The molecule has 3 rings (SSSR count). The molecule has 0 aromatic heterocycles. The van der Waals surface area contributed by atoms with E-state index in [2.05, 4.69) is 5.16 Å². The van der Waals surface area contributed by atoms with Crippen molar-refractivity contribution < 1.29 is 33.7 Å². The van der Waals surface area contributed by atoms with Crippen molar-refractivity contribution in [2.24, 2.45) is 5.16 Å². The normalized spacial score (nSPS) is 16.9. The molecular weight excluding hydrogens is 402 g/mol. The molecular formula is C23H25NO7. The number of esters is 1. The van der Waals surface area contributed by atoms with Crippen LogP contribution < -0.4 is 18.9 Å². The molecule has 0 bridgehead atoms. The molecule has 0 amide bonds. The summed E-state index contributed by atoms with van der Waals surface area (Å²) in [6, 6.07) is 11.0. The molecule has 1 N–H and O–H groups in total. The Morgan fingerprint density at radius 3 is 2.00 bits per heavy atom. The van der Waals surface area contributed by atoms with Crippen LogP contribution in [0.5, 0.6) is 23.0 Å². The van der Waals surface area contributed by atoms with Crippen LogP contribution in [0.4, 0.5) is 0 Å². The van der Waals surface area contributed by atoms with Gasteiger partial charge in [0.15, 0.2) is 17.6 Å². The number of methoxy groups -OCH3 is 4. The maximum Gasteiger partial charge on any atom is 0.303 e. The smallest absolute Gasteiger partial charge is 0.303 e. The van der Waals surface area contributed by atoms with Crippen molar-refractivity contribution in [3.05, 3.63) is 47.5 Å². The Hall–Kier alpha value is -3.68. The molecule has 1 atom stereocenters. The van der Waals surface area contributed by atoms with Crippen LogP contribution in [0, 0.1) is 0 Å². The molecule has 0 fully saturated rings. The van der Waals surface area contributed by atoms with Gasteiger partial charge < -0.3 is 28.9 Å². The number of carbonyl (C=O) groups excluding carboxylic acids is 1. The van der Waals surface area contributed by atoms with Crippen LogP contribution in [0.3, 0.4) is 0 Å². The highest BCUT2D eigenvalue weighted by atomic mass is 16.5. The molecule has 8 nitrogen and oxygen atoms in total. The van der Waals surface area contributed by atoms with Gasteiger partial charge in [-0.2, -0.15) is 0 Å². The largest absolute Gasteiger partial charge is 0.497 e. The van der Waals surface area contributed by atoms with Gasteiger partial charge in [0.2, 0.25) is 5.75 Å². The van der Waals surface area contributed by atoms with Crippen molar-refractivity contribution in [3.8, 4) is 23.0 Å². The molecule has 8 heteroatoms. The molecule has 31 heavy (non-hydrogen) atoms. The van der Waals surface area contributed by atoms with E-state index in [4.69, 9.17) is 23.7 Å². The third kappa shape index (κ3) is 4.28. The van der Waals surface area contributed by atoms with Crippen molar-refractivity contribution in [1.29, 1.82) is 0 Å². The second-order valence-corrected chi connectivity index (χ2v) is 6.78. The lowest BCUT2D eigenvalue weighted by Crippen LogP contribution is -2.23. The number of ether oxygens (including phenoxy) is 5. The SMILES string of the molecule is COc1ccc(C2=C(c3cc(OC)c(OC)c(OC)c3)/C(=N/O)C(OC(C)=O)C2)cc1. The molecule has 1 unspecified atom stereocenters. The van der Waals surface area contributed by atoms with E-state index in [0.29, 0.717) is 40.6 Å². The maximum atomic E-state index is 11.7. The first kappa shape index (κ1) is 22.0. The number of benzene rings is 2. The maximum absolute atomic E-state index is 11.7. The number of rotatable bonds is 7. The average molecular weight is 427 g/mol. The summed E-state index contributed by atoms with van der Waals surface area (Å²) in [7, 11) is 6.17. The summed E-state index contributed by atoms with van der Waals surface area (Å²) in [5.41, 5.74) is 3.26. The molecule has 0 spiro atoms. The Morgan fingerprint density at radius 2 is 1.55 bits per heavy atom. The molecule has 0 heterocycles. The third-order valence-corrected chi connectivity index (χ3v) is 5.06. The summed E-state index contributed by atoms with van der Waals surface area (Å²) in [4.78, 5) is 11.7. The van der Waals surface area contributed by atoms with Crippen molar-refractivity contribution in [2.75, 3.05) is 28.4 Å². The van der Waals surface area contributed by atoms with Gasteiger partial charge in [-0.3, -0.25) is 4.79 Å². The Balaban J connectivity index is 2.24. The highest BCUT2D eigenvalue weighted by molar-refractivity contribution is 6.35. The van der Waals surface area contributed by atoms with Crippen LogP contribution in [-0.4, -0.2) is 51.4 Å². The van der Waals surface area contributed by atoms with Crippen LogP contribution in [-0.2, 0) is 9.53 Å². The van der Waals surface area contributed by atoms with Gasteiger partial charge in [0, 0.05) is 18.9 Å². The van der Waals surface area contributed by atoms with E-state index in [1.54, 1.807) is 19.2 Å². The minimum atomic E-state index is -0.728. The summed E-state index contributed by atoms with van der Waals surface area (Å²) < 4.78 is 27.1. The molecule has 2 aromatic rings. The van der Waals surface area contributed by atoms with Gasteiger partial charge in [-0.1, -0.05) is 17.3 Å². The molecule has 0 saturated carbocycles. The van der Waals surface area contributed by atoms with E-state index in [1.165, 1.54) is 28.3 Å². The zero-order chi connectivity index (χ0) is 22.5. The van der Waals surface area contributed by atoms with Crippen LogP contribution in [0.15, 0.2) is 41.6 Å². The Morgan fingerprint density at radius 1 is 0.935 bits per heavy atom. The average Bonchev–Trinajstić information content (AvgIpc) is 3.15. The quantitative estimate of drug-likeness (QED) is 0.408. The van der Waals surface area contributed by atoms with Gasteiger partial charge in [-0.05, 0) is 41.0 Å². The van der Waals surface area contributed by atoms with Crippen molar-refractivity contribution >= 4 is 22.8 Å². The Kier molecular flexibility index (Phi) is 6.69. The van der Waals surface area contributed by atoms with E-state index in [9.17, 15) is 10.0 Å². The Bertz CT molecular complexity index is 1000. The predicted octanol–water partition coefficient (Wildman–Crippen LogP) is 3.80. The van der Waals surface area contributed by atoms with Crippen LogP contribution in [0.2, 0.25) is 0 Å². The summed E-state index contributed by atoms with van der Waals surface area (Å²) in [5, 5.41) is 13.3. The minimum absolute atomic E-state index is 0.246. The second-order valence-electron chi connectivity index (χ2n) is 6.78. The van der Waals surface area contributed by atoms with Gasteiger partial charge in [0.1, 0.15) is 11.5 Å². The Labute approximate surface area is 180 Å². The van der Waals surface area contributed by atoms with Crippen molar-refractivity contribution in [1.82, 2.24) is 0 Å². The number of oxime groups is 1. The second kappa shape index (κ2) is 9.42. The number of hydrogen-bond acceptors (Lipinski definition) is 8. The summed E-state index contributed by atoms with van der Waals surface area (Å²) >= 11 is 0. The molecule has 2 aromatic carbocycles. The van der Waals surface area contributed by atoms with Crippen molar-refractivity contribution in [3.63, 3.8) is 0 Å². The van der Waals surface area contributed by atoms with Gasteiger partial charge in [-0.25, -0.2) is 0 Å². The predicted molar refractivity (Wildman–Crippen MR) is 115 cm³/mol. The number of nitrogens with zero attached hydrogens (tertiary/aromatic N) is 1. The number of hydrogen-bond donors (Lipinski definition) is 1. The van der Waals surface area contributed by atoms with E-state index >= 15 is 0 Å². The van der Waals surface area contributed by atoms with E-state index in [-0.39, 0.29) is 5.71 Å². The molecule has 0 saturated heterocycles. The summed E-state index contributed by atoms with van der Waals surface area (Å²) in [6.07, 6.45) is -0.384. The van der Waals surface area contributed by atoms with E-state index < -0.39 is 12.1 Å². The van der Waals surface area contributed by atoms with Crippen LogP contribution in [0.25, 0.3) is 11.1 Å². The standard InChI is InChI=1S/C23H25NO7/c1-13(25)31-18-12-17(14-6-8-16(27-2)9-7-14)21(22(18)24-26)15-10-19(28-3)23(30-5)20(11-15)29-4/h6-11,18,26H,12H2,1-5H3/b24-22+. The first-order valence-corrected chi connectivity index (χ1v) is 9.54. The fraction of sp³-hybridized carbons (Fsp3) is 0.304. The highest BCUT2D eigenvalue weighted by Crippen LogP contribution is 2.45. The topological polar surface area (TPSA) is 95.8 Å². The molecule has 0 aliphatic heterocycles. The van der Waals surface area contributed by atoms with E-state index in [0.717, 1.165) is 11.1 Å². The lowest BCUT2D eigenvalue weighted by Gasteiger charge is -2.16. The van der Waals surface area contributed by atoms with Crippen molar-refractivity contribution in [2.45, 2.75) is 19.4 Å². The lowest BCUT2D eigenvalue weighted by atomic mass is 9.95. The lowest BCUT2D eigenvalue weighted by molar-refractivity contribution is -0.143. The van der Waals surface area contributed by atoms with Gasteiger partial charge >= 0.3 is 5.97 Å². The zero-order valence-electron chi connectivity index (χ0n) is 18.1. The van der Waals surface area contributed by atoms with Gasteiger partial charge in [0.25, 0.3) is 0 Å². The van der Waals surface area contributed by atoms with Crippen LogP contribution >= 0.6 is 0 Å². The monoisotopic (exact) mass is 427 g/mol. The molecule has 0 radical (unpaired) electrons. The third-order valence-electron chi connectivity index (χ3n) is 5.06.